The molecule has 0 spiro atoms. The van der Waals surface area contributed by atoms with Crippen LogP contribution in [-0.4, -0.2) is 49.2 Å². The number of likely N-dealkylation sites (N-methyl/N-ethyl adjacent to an activating group) is 1. The standard InChI is InChI=1S/C18H26N2O5.ClH/c1-4-23-16(19)12-11-15(17(21)24-5-2)20(3)18(22)25-13-14-9-7-6-8-10-14;/h6-10,15,19H,4-5,11-13H2,1-3H3;1H/t15-;/m0./s1. The number of benzene rings is 1. The van der Waals surface area contributed by atoms with E-state index in [9.17, 15) is 9.59 Å². The zero-order valence-electron chi connectivity index (χ0n) is 15.4. The molecule has 0 aliphatic rings. The lowest BCUT2D eigenvalue weighted by Crippen LogP contribution is -2.44. The topological polar surface area (TPSA) is 88.9 Å². The molecule has 7 nitrogen and oxygen atoms in total. The number of ether oxygens (including phenoxy) is 3. The van der Waals surface area contributed by atoms with Crippen LogP contribution in [0.4, 0.5) is 4.79 Å². The summed E-state index contributed by atoms with van der Waals surface area (Å²) < 4.78 is 15.4. The zero-order chi connectivity index (χ0) is 18.7. The molecule has 0 saturated heterocycles. The molecule has 1 aromatic rings. The normalized spacial score (nSPS) is 10.9. The molecule has 1 aromatic carbocycles. The first-order valence-electron chi connectivity index (χ1n) is 8.29. The minimum absolute atomic E-state index is 0. The predicted molar refractivity (Wildman–Crippen MR) is 101 cm³/mol. The highest BCUT2D eigenvalue weighted by molar-refractivity contribution is 5.85. The Morgan fingerprint density at radius 2 is 1.69 bits per heavy atom. The van der Waals surface area contributed by atoms with Gasteiger partial charge >= 0.3 is 12.1 Å². The number of hydrogen-bond donors (Lipinski definition) is 1. The molecular weight excluding hydrogens is 360 g/mol. The summed E-state index contributed by atoms with van der Waals surface area (Å²) in [7, 11) is 1.49. The van der Waals surface area contributed by atoms with Gasteiger partial charge in [-0.05, 0) is 25.8 Å². The summed E-state index contributed by atoms with van der Waals surface area (Å²) in [4.78, 5) is 25.6. The third-order valence-corrected chi connectivity index (χ3v) is 3.48. The third kappa shape index (κ3) is 8.20. The molecule has 26 heavy (non-hydrogen) atoms. The molecule has 1 N–H and O–H groups in total. The van der Waals surface area contributed by atoms with E-state index in [1.165, 1.54) is 11.9 Å². The molecule has 0 bridgehead atoms. The van der Waals surface area contributed by atoms with Gasteiger partial charge in [0.1, 0.15) is 12.6 Å². The highest BCUT2D eigenvalue weighted by atomic mass is 35.5. The second kappa shape index (κ2) is 13.0. The Morgan fingerprint density at radius 1 is 1.08 bits per heavy atom. The van der Waals surface area contributed by atoms with Crippen molar-refractivity contribution in [1.29, 1.82) is 5.41 Å². The number of rotatable bonds is 9. The minimum atomic E-state index is -0.830. The smallest absolute Gasteiger partial charge is 0.410 e. The first-order chi connectivity index (χ1) is 12.0. The van der Waals surface area contributed by atoms with Crippen molar-refractivity contribution in [1.82, 2.24) is 4.90 Å². The van der Waals surface area contributed by atoms with Crippen molar-refractivity contribution in [3.8, 4) is 0 Å². The largest absolute Gasteiger partial charge is 0.481 e. The van der Waals surface area contributed by atoms with Crippen molar-refractivity contribution in [3.63, 3.8) is 0 Å². The summed E-state index contributed by atoms with van der Waals surface area (Å²) in [5.41, 5.74) is 0.857. The number of halogens is 1. The number of carbonyl (C=O) groups is 2. The monoisotopic (exact) mass is 386 g/mol. The van der Waals surface area contributed by atoms with Gasteiger partial charge in [-0.25, -0.2) is 9.59 Å². The molecule has 0 unspecified atom stereocenters. The van der Waals surface area contributed by atoms with Crippen LogP contribution in [0.5, 0.6) is 0 Å². The fourth-order valence-electron chi connectivity index (χ4n) is 2.17. The lowest BCUT2D eigenvalue weighted by Gasteiger charge is -2.25. The molecular formula is C18H27ClN2O5. The van der Waals surface area contributed by atoms with Crippen LogP contribution in [0, 0.1) is 5.41 Å². The number of nitrogens with zero attached hydrogens (tertiary/aromatic N) is 1. The van der Waals surface area contributed by atoms with E-state index in [1.807, 2.05) is 30.3 Å². The Labute approximate surface area is 160 Å². The van der Waals surface area contributed by atoms with Gasteiger partial charge in [0.2, 0.25) is 0 Å². The Hall–Kier alpha value is -2.28. The van der Waals surface area contributed by atoms with Crippen LogP contribution in [0.1, 0.15) is 32.3 Å². The van der Waals surface area contributed by atoms with Gasteiger partial charge in [0.15, 0.2) is 5.90 Å². The fourth-order valence-corrected chi connectivity index (χ4v) is 2.17. The Morgan fingerprint density at radius 3 is 2.27 bits per heavy atom. The summed E-state index contributed by atoms with van der Waals surface area (Å²) in [5, 5.41) is 7.66. The Balaban J connectivity index is 0.00000625. The van der Waals surface area contributed by atoms with Crippen molar-refractivity contribution in [3.05, 3.63) is 35.9 Å². The molecule has 0 aliphatic heterocycles. The SMILES string of the molecule is CCOC(=N)CC[C@@H](C(=O)OCC)N(C)C(=O)OCc1ccccc1.Cl. The molecule has 0 aromatic heterocycles. The van der Waals surface area contributed by atoms with E-state index in [2.05, 4.69) is 0 Å². The third-order valence-electron chi connectivity index (χ3n) is 3.48. The van der Waals surface area contributed by atoms with E-state index >= 15 is 0 Å². The maximum Gasteiger partial charge on any atom is 0.410 e. The zero-order valence-corrected chi connectivity index (χ0v) is 16.2. The van der Waals surface area contributed by atoms with E-state index in [0.717, 1.165) is 5.56 Å². The fraction of sp³-hybridized carbons (Fsp3) is 0.500. The first-order valence-corrected chi connectivity index (χ1v) is 8.29. The van der Waals surface area contributed by atoms with Crippen molar-refractivity contribution in [2.75, 3.05) is 20.3 Å². The van der Waals surface area contributed by atoms with Crippen LogP contribution in [0.25, 0.3) is 0 Å². The van der Waals surface area contributed by atoms with E-state index in [1.54, 1.807) is 13.8 Å². The highest BCUT2D eigenvalue weighted by Crippen LogP contribution is 2.12. The predicted octanol–water partition coefficient (Wildman–Crippen LogP) is 3.40. The van der Waals surface area contributed by atoms with Gasteiger partial charge in [0.25, 0.3) is 0 Å². The summed E-state index contributed by atoms with van der Waals surface area (Å²) in [6.45, 7) is 4.20. The molecule has 0 fully saturated rings. The molecule has 146 valence electrons. The van der Waals surface area contributed by atoms with Crippen LogP contribution in [-0.2, 0) is 25.6 Å². The summed E-state index contributed by atoms with van der Waals surface area (Å²) >= 11 is 0. The molecule has 0 radical (unpaired) electrons. The van der Waals surface area contributed by atoms with Crippen LogP contribution in [0.15, 0.2) is 30.3 Å². The van der Waals surface area contributed by atoms with Crippen LogP contribution in [0.3, 0.4) is 0 Å². The second-order valence-corrected chi connectivity index (χ2v) is 5.31. The number of esters is 1. The first kappa shape index (κ1) is 23.7. The average Bonchev–Trinajstić information content (AvgIpc) is 2.61. The van der Waals surface area contributed by atoms with E-state index in [0.29, 0.717) is 6.61 Å². The van der Waals surface area contributed by atoms with Crippen molar-refractivity contribution >= 4 is 30.4 Å². The van der Waals surface area contributed by atoms with Gasteiger partial charge in [0.05, 0.1) is 13.2 Å². The van der Waals surface area contributed by atoms with E-state index in [4.69, 9.17) is 19.6 Å². The second-order valence-electron chi connectivity index (χ2n) is 5.31. The van der Waals surface area contributed by atoms with Crippen molar-refractivity contribution in [2.45, 2.75) is 39.3 Å². The van der Waals surface area contributed by atoms with Crippen LogP contribution >= 0.6 is 12.4 Å². The number of amides is 1. The van der Waals surface area contributed by atoms with Crippen LogP contribution < -0.4 is 0 Å². The van der Waals surface area contributed by atoms with Gasteiger partial charge in [-0.15, -0.1) is 12.4 Å². The quantitative estimate of drug-likeness (QED) is 0.399. The van der Waals surface area contributed by atoms with Gasteiger partial charge in [-0.2, -0.15) is 0 Å². The molecule has 1 rings (SSSR count). The van der Waals surface area contributed by atoms with Gasteiger partial charge in [-0.3, -0.25) is 10.3 Å². The maximum absolute atomic E-state index is 12.2. The van der Waals surface area contributed by atoms with Crippen molar-refractivity contribution < 1.29 is 23.8 Å². The van der Waals surface area contributed by atoms with Crippen LogP contribution in [0.2, 0.25) is 0 Å². The molecule has 0 heterocycles. The Bertz CT molecular complexity index is 568. The molecule has 1 amide bonds. The number of nitrogens with one attached hydrogen (secondary N) is 1. The average molecular weight is 387 g/mol. The molecule has 0 aliphatic carbocycles. The van der Waals surface area contributed by atoms with E-state index < -0.39 is 18.1 Å². The van der Waals surface area contributed by atoms with Crippen molar-refractivity contribution in [2.24, 2.45) is 0 Å². The van der Waals surface area contributed by atoms with E-state index in [-0.39, 0.29) is 44.4 Å². The minimum Gasteiger partial charge on any atom is -0.481 e. The van der Waals surface area contributed by atoms with Gasteiger partial charge < -0.3 is 14.2 Å². The Kier molecular flexibility index (Phi) is 11.9. The number of carbonyl (C=O) groups excluding carboxylic acids is 2. The lowest BCUT2D eigenvalue weighted by molar-refractivity contribution is -0.148. The summed E-state index contributed by atoms with van der Waals surface area (Å²) in [6.07, 6.45) is -0.160. The molecule has 1 atom stereocenters. The summed E-state index contributed by atoms with van der Waals surface area (Å²) in [5.74, 6) is -0.450. The maximum atomic E-state index is 12.2. The number of hydrogen-bond acceptors (Lipinski definition) is 6. The summed E-state index contributed by atoms with van der Waals surface area (Å²) in [6, 6.07) is 8.45. The molecule has 0 saturated carbocycles. The van der Waals surface area contributed by atoms with Gasteiger partial charge in [-0.1, -0.05) is 30.3 Å². The molecule has 8 heteroatoms. The highest BCUT2D eigenvalue weighted by Gasteiger charge is 2.29. The van der Waals surface area contributed by atoms with Gasteiger partial charge in [0, 0.05) is 13.5 Å². The lowest BCUT2D eigenvalue weighted by atomic mass is 10.1.